The van der Waals surface area contributed by atoms with Crippen LogP contribution in [0.2, 0.25) is 10.0 Å². The molecule has 4 rings (SSSR count). The van der Waals surface area contributed by atoms with E-state index < -0.39 is 11.6 Å². The van der Waals surface area contributed by atoms with Gasteiger partial charge in [-0.15, -0.1) is 0 Å². The summed E-state index contributed by atoms with van der Waals surface area (Å²) in [5.41, 5.74) is 0.226. The van der Waals surface area contributed by atoms with Crippen molar-refractivity contribution in [2.24, 2.45) is 0 Å². The molecule has 1 aliphatic rings. The van der Waals surface area contributed by atoms with Gasteiger partial charge in [0, 0.05) is 15.6 Å². The predicted octanol–water partition coefficient (Wildman–Crippen LogP) is 4.40. The lowest BCUT2D eigenvalue weighted by atomic mass is 9.87. The molecule has 1 aliphatic heterocycles. The fraction of sp³-hybridized carbons (Fsp3) is 0.200. The first-order valence-electron chi connectivity index (χ1n) is 8.91. The lowest BCUT2D eigenvalue weighted by molar-refractivity contribution is -0.132. The van der Waals surface area contributed by atoms with Crippen LogP contribution in [0.3, 0.4) is 0 Å². The highest BCUT2D eigenvalue weighted by atomic mass is 35.5. The largest absolute Gasteiger partial charge is 0.337 e. The molecule has 1 unspecified atom stereocenters. The van der Waals surface area contributed by atoms with Gasteiger partial charge in [-0.3, -0.25) is 9.69 Å². The van der Waals surface area contributed by atoms with E-state index in [9.17, 15) is 9.59 Å². The number of amides is 3. The van der Waals surface area contributed by atoms with E-state index in [-0.39, 0.29) is 18.3 Å². The van der Waals surface area contributed by atoms with Gasteiger partial charge in [0.25, 0.3) is 5.91 Å². The lowest BCUT2D eigenvalue weighted by Crippen LogP contribution is -2.43. The molecule has 148 valence electrons. The van der Waals surface area contributed by atoms with Crippen LogP contribution in [0.1, 0.15) is 24.8 Å². The van der Waals surface area contributed by atoms with Crippen LogP contribution in [0.25, 0.3) is 11.4 Å². The predicted molar refractivity (Wildman–Crippen MR) is 107 cm³/mol. The first-order valence-corrected chi connectivity index (χ1v) is 9.67. The number of urea groups is 1. The van der Waals surface area contributed by atoms with Crippen LogP contribution in [0.5, 0.6) is 0 Å². The molecule has 0 aliphatic carbocycles. The highest BCUT2D eigenvalue weighted by Gasteiger charge is 2.51. The number of aromatic nitrogens is 2. The van der Waals surface area contributed by atoms with Crippen molar-refractivity contribution < 1.29 is 14.1 Å². The van der Waals surface area contributed by atoms with Crippen molar-refractivity contribution in [3.63, 3.8) is 0 Å². The molecule has 1 fully saturated rings. The van der Waals surface area contributed by atoms with Crippen molar-refractivity contribution in [1.29, 1.82) is 0 Å². The van der Waals surface area contributed by atoms with E-state index in [2.05, 4.69) is 15.5 Å². The van der Waals surface area contributed by atoms with Crippen molar-refractivity contribution in [2.75, 3.05) is 0 Å². The first-order chi connectivity index (χ1) is 13.9. The summed E-state index contributed by atoms with van der Waals surface area (Å²) >= 11 is 11.8. The van der Waals surface area contributed by atoms with Crippen molar-refractivity contribution in [3.05, 3.63) is 70.0 Å². The number of hydrogen-bond acceptors (Lipinski definition) is 5. The minimum absolute atomic E-state index is 0.124. The molecule has 0 spiro atoms. The lowest BCUT2D eigenvalue weighted by Gasteiger charge is -2.25. The van der Waals surface area contributed by atoms with E-state index in [1.165, 1.54) is 0 Å². The Morgan fingerprint density at radius 1 is 1.03 bits per heavy atom. The van der Waals surface area contributed by atoms with Crippen molar-refractivity contribution >= 4 is 35.1 Å². The molecule has 1 saturated heterocycles. The summed E-state index contributed by atoms with van der Waals surface area (Å²) in [4.78, 5) is 31.1. The summed E-state index contributed by atoms with van der Waals surface area (Å²) in [7, 11) is 0. The second-order valence-corrected chi connectivity index (χ2v) is 7.48. The van der Waals surface area contributed by atoms with Gasteiger partial charge in [-0.2, -0.15) is 4.98 Å². The van der Waals surface area contributed by atoms with Gasteiger partial charge in [-0.1, -0.05) is 47.4 Å². The van der Waals surface area contributed by atoms with Gasteiger partial charge in [-0.25, -0.2) is 4.79 Å². The maximum Gasteiger partial charge on any atom is 0.325 e. The van der Waals surface area contributed by atoms with Crippen LogP contribution in [0.4, 0.5) is 4.79 Å². The van der Waals surface area contributed by atoms with Crippen molar-refractivity contribution in [1.82, 2.24) is 20.4 Å². The Bertz CT molecular complexity index is 1070. The van der Waals surface area contributed by atoms with Crippen LogP contribution in [-0.2, 0) is 16.9 Å². The van der Waals surface area contributed by atoms with Crippen LogP contribution in [0.15, 0.2) is 53.1 Å². The second-order valence-electron chi connectivity index (χ2n) is 6.61. The quantitative estimate of drug-likeness (QED) is 0.605. The Kier molecular flexibility index (Phi) is 5.02. The standard InChI is InChI=1S/C20H16Cl2N4O3/c1-2-20(13-5-9-15(22)10-6-13)18(27)26(19(28)24-20)11-16-23-17(25-29-16)12-3-7-14(21)8-4-12/h3-10H,2,11H2,1H3,(H,24,28). The van der Waals surface area contributed by atoms with Crippen LogP contribution in [0, 0.1) is 0 Å². The van der Waals surface area contributed by atoms with Gasteiger partial charge in [-0.05, 0) is 48.4 Å². The van der Waals surface area contributed by atoms with Gasteiger partial charge in [0.1, 0.15) is 12.1 Å². The van der Waals surface area contributed by atoms with Crippen LogP contribution >= 0.6 is 23.2 Å². The Balaban J connectivity index is 1.58. The summed E-state index contributed by atoms with van der Waals surface area (Å²) < 4.78 is 5.25. The number of halogens is 2. The topological polar surface area (TPSA) is 88.3 Å². The summed E-state index contributed by atoms with van der Waals surface area (Å²) in [5, 5.41) is 7.87. The Morgan fingerprint density at radius 3 is 2.28 bits per heavy atom. The van der Waals surface area contributed by atoms with Gasteiger partial charge in [0.2, 0.25) is 11.7 Å². The van der Waals surface area contributed by atoms with E-state index in [4.69, 9.17) is 27.7 Å². The number of rotatable bonds is 5. The zero-order valence-corrected chi connectivity index (χ0v) is 16.9. The molecular formula is C20H16Cl2N4O3. The van der Waals surface area contributed by atoms with Gasteiger partial charge in [0.05, 0.1) is 0 Å². The number of nitrogens with zero attached hydrogens (tertiary/aromatic N) is 3. The number of hydrogen-bond donors (Lipinski definition) is 1. The summed E-state index contributed by atoms with van der Waals surface area (Å²) in [6.45, 7) is 1.71. The molecule has 0 bridgehead atoms. The summed E-state index contributed by atoms with van der Waals surface area (Å²) in [6, 6.07) is 13.3. The first kappa shape index (κ1) is 19.4. The fourth-order valence-electron chi connectivity index (χ4n) is 3.31. The average Bonchev–Trinajstić information content (AvgIpc) is 3.28. The molecule has 29 heavy (non-hydrogen) atoms. The number of carbonyl (C=O) groups is 2. The molecule has 3 amide bonds. The average molecular weight is 431 g/mol. The molecule has 3 aromatic rings. The molecule has 1 N–H and O–H groups in total. The third-order valence-electron chi connectivity index (χ3n) is 4.91. The summed E-state index contributed by atoms with van der Waals surface area (Å²) in [6.07, 6.45) is 0.384. The van der Waals surface area contributed by atoms with E-state index >= 15 is 0 Å². The number of carbonyl (C=O) groups excluding carboxylic acids is 2. The van der Waals surface area contributed by atoms with E-state index in [0.717, 1.165) is 4.90 Å². The van der Waals surface area contributed by atoms with E-state index in [0.29, 0.717) is 33.4 Å². The van der Waals surface area contributed by atoms with E-state index in [1.54, 1.807) is 48.5 Å². The van der Waals surface area contributed by atoms with Gasteiger partial charge < -0.3 is 9.84 Å². The van der Waals surface area contributed by atoms with Crippen molar-refractivity contribution in [3.8, 4) is 11.4 Å². The van der Waals surface area contributed by atoms with E-state index in [1.807, 2.05) is 6.92 Å². The SMILES string of the molecule is CCC1(c2ccc(Cl)cc2)NC(=O)N(Cc2nc(-c3ccc(Cl)cc3)no2)C1=O. The van der Waals surface area contributed by atoms with Crippen LogP contribution in [-0.4, -0.2) is 27.0 Å². The molecule has 1 atom stereocenters. The molecule has 2 heterocycles. The molecule has 1 aromatic heterocycles. The molecule has 0 saturated carbocycles. The van der Waals surface area contributed by atoms with Crippen molar-refractivity contribution in [2.45, 2.75) is 25.4 Å². The fourth-order valence-corrected chi connectivity index (χ4v) is 3.57. The Labute approximate surface area is 176 Å². The Morgan fingerprint density at radius 2 is 1.66 bits per heavy atom. The molecule has 9 heteroatoms. The van der Waals surface area contributed by atoms with Crippen LogP contribution < -0.4 is 5.32 Å². The highest BCUT2D eigenvalue weighted by Crippen LogP contribution is 2.33. The molecular weight excluding hydrogens is 415 g/mol. The molecule has 2 aromatic carbocycles. The number of benzene rings is 2. The maximum absolute atomic E-state index is 13.2. The third kappa shape index (κ3) is 3.47. The third-order valence-corrected chi connectivity index (χ3v) is 5.41. The minimum Gasteiger partial charge on any atom is -0.337 e. The van der Waals surface area contributed by atoms with Gasteiger partial charge >= 0.3 is 6.03 Å². The minimum atomic E-state index is -1.15. The smallest absolute Gasteiger partial charge is 0.325 e. The van der Waals surface area contributed by atoms with Gasteiger partial charge in [0.15, 0.2) is 0 Å². The highest BCUT2D eigenvalue weighted by molar-refractivity contribution is 6.30. The number of imide groups is 1. The number of nitrogens with one attached hydrogen (secondary N) is 1. The monoisotopic (exact) mass is 430 g/mol. The Hall–Kier alpha value is -2.90. The normalized spacial score (nSPS) is 18.9. The molecule has 0 radical (unpaired) electrons. The summed E-state index contributed by atoms with van der Waals surface area (Å²) in [5.74, 6) is 0.128. The zero-order chi connectivity index (χ0) is 20.6. The second kappa shape index (κ2) is 7.50. The molecule has 7 nitrogen and oxygen atoms in total. The zero-order valence-electron chi connectivity index (χ0n) is 15.4. The maximum atomic E-state index is 13.2.